The largest absolute Gasteiger partial charge is 0.481 e. The van der Waals surface area contributed by atoms with Gasteiger partial charge in [-0.15, -0.1) is 0 Å². The molecule has 0 amide bonds. The zero-order valence-corrected chi connectivity index (χ0v) is 11.9. The lowest BCUT2D eigenvalue weighted by molar-refractivity contribution is -0.141. The van der Waals surface area contributed by atoms with Gasteiger partial charge in [0, 0.05) is 29.1 Å². The molecule has 0 spiro atoms. The fourth-order valence-corrected chi connectivity index (χ4v) is 3.29. The Bertz CT molecular complexity index is 762. The Morgan fingerprint density at radius 2 is 2.10 bits per heavy atom. The third-order valence-corrected chi connectivity index (χ3v) is 4.43. The van der Waals surface area contributed by atoms with Crippen LogP contribution in [0.25, 0.3) is 10.9 Å². The molecular weight excluding hydrogens is 273 g/mol. The summed E-state index contributed by atoms with van der Waals surface area (Å²) in [6, 6.07) is 4.51. The van der Waals surface area contributed by atoms with Crippen LogP contribution >= 0.6 is 0 Å². The van der Waals surface area contributed by atoms with Gasteiger partial charge < -0.3 is 9.67 Å². The molecule has 2 unspecified atom stereocenters. The smallest absolute Gasteiger partial charge is 0.306 e. The van der Waals surface area contributed by atoms with Crippen molar-refractivity contribution in [3.63, 3.8) is 0 Å². The molecule has 5 heteroatoms. The topological polar surface area (TPSA) is 59.3 Å². The monoisotopic (exact) mass is 289 g/mol. The Morgan fingerprint density at radius 3 is 2.71 bits per heavy atom. The summed E-state index contributed by atoms with van der Waals surface area (Å²) in [5.41, 5.74) is 1.91. The lowest BCUT2D eigenvalue weighted by atomic mass is 9.90. The summed E-state index contributed by atoms with van der Waals surface area (Å²) in [4.78, 5) is 22.9. The second kappa shape index (κ2) is 4.69. The number of benzene rings is 1. The number of hydrogen-bond donors (Lipinski definition) is 1. The molecule has 0 saturated carbocycles. The van der Waals surface area contributed by atoms with E-state index in [4.69, 9.17) is 0 Å². The van der Waals surface area contributed by atoms with E-state index in [0.717, 1.165) is 12.1 Å². The standard InChI is InChI=1S/C16H16FNO3/c1-8(16(20)21)11-3-4-18-14-6-10(17)5-12(9(2)19)13(14)7-15(11)18/h5-8,11H,3-4H2,1-2H3,(H,20,21). The average molecular weight is 289 g/mol. The number of Topliss-reactive ketones (excluding diaryl/α,β-unsaturated/α-hetero) is 1. The number of carbonyl (C=O) groups is 2. The van der Waals surface area contributed by atoms with Crippen molar-refractivity contribution in [2.45, 2.75) is 32.7 Å². The fourth-order valence-electron chi connectivity index (χ4n) is 3.29. The van der Waals surface area contributed by atoms with Gasteiger partial charge in [0.2, 0.25) is 0 Å². The highest BCUT2D eigenvalue weighted by Gasteiger charge is 2.33. The Morgan fingerprint density at radius 1 is 1.38 bits per heavy atom. The van der Waals surface area contributed by atoms with Crippen molar-refractivity contribution in [3.05, 3.63) is 35.3 Å². The second-order valence-electron chi connectivity index (χ2n) is 5.69. The van der Waals surface area contributed by atoms with E-state index >= 15 is 0 Å². The van der Waals surface area contributed by atoms with E-state index in [2.05, 4.69) is 0 Å². The van der Waals surface area contributed by atoms with Crippen molar-refractivity contribution in [2.24, 2.45) is 5.92 Å². The van der Waals surface area contributed by atoms with Crippen molar-refractivity contribution in [3.8, 4) is 0 Å². The Labute approximate surface area is 121 Å². The van der Waals surface area contributed by atoms with Gasteiger partial charge in [0.25, 0.3) is 0 Å². The molecule has 3 rings (SSSR count). The lowest BCUT2D eigenvalue weighted by Crippen LogP contribution is -2.17. The predicted octanol–water partition coefficient (Wildman–Crippen LogP) is 3.19. The maximum absolute atomic E-state index is 13.7. The van der Waals surface area contributed by atoms with Crippen molar-refractivity contribution in [1.29, 1.82) is 0 Å². The van der Waals surface area contributed by atoms with Gasteiger partial charge in [0.1, 0.15) is 5.82 Å². The number of carboxylic acid groups (broad SMARTS) is 1. The number of aromatic nitrogens is 1. The van der Waals surface area contributed by atoms with Gasteiger partial charge >= 0.3 is 5.97 Å². The Kier molecular flexibility index (Phi) is 3.08. The first kappa shape index (κ1) is 13.8. The number of hydrogen-bond acceptors (Lipinski definition) is 2. The fraction of sp³-hybridized carbons (Fsp3) is 0.375. The van der Waals surface area contributed by atoms with E-state index in [0.29, 0.717) is 23.0 Å². The van der Waals surface area contributed by atoms with Crippen LogP contribution < -0.4 is 0 Å². The highest BCUT2D eigenvalue weighted by molar-refractivity contribution is 6.07. The summed E-state index contributed by atoms with van der Waals surface area (Å²) >= 11 is 0. The van der Waals surface area contributed by atoms with E-state index in [-0.39, 0.29) is 11.7 Å². The average Bonchev–Trinajstić information content (AvgIpc) is 2.96. The van der Waals surface area contributed by atoms with Crippen LogP contribution in [0.3, 0.4) is 0 Å². The molecule has 2 heterocycles. The molecule has 110 valence electrons. The molecular formula is C16H16FNO3. The number of aryl methyl sites for hydroxylation is 1. The summed E-state index contributed by atoms with van der Waals surface area (Å²) in [6.07, 6.45) is 0.727. The number of carboxylic acids is 1. The van der Waals surface area contributed by atoms with Gasteiger partial charge in [0.15, 0.2) is 5.78 Å². The van der Waals surface area contributed by atoms with Crippen LogP contribution in [0.2, 0.25) is 0 Å². The summed E-state index contributed by atoms with van der Waals surface area (Å²) in [5, 5.41) is 9.92. The molecule has 1 aromatic heterocycles. The first-order valence-electron chi connectivity index (χ1n) is 6.96. The number of rotatable bonds is 3. The molecule has 2 atom stereocenters. The molecule has 0 radical (unpaired) electrons. The van der Waals surface area contributed by atoms with Gasteiger partial charge in [0.05, 0.1) is 11.4 Å². The quantitative estimate of drug-likeness (QED) is 0.883. The molecule has 0 bridgehead atoms. The molecule has 21 heavy (non-hydrogen) atoms. The Balaban J connectivity index is 2.21. The molecule has 2 aromatic rings. The Hall–Kier alpha value is -2.17. The third kappa shape index (κ3) is 2.04. The number of halogens is 1. The molecule has 0 fully saturated rings. The lowest BCUT2D eigenvalue weighted by Gasteiger charge is -2.13. The predicted molar refractivity (Wildman–Crippen MR) is 76.1 cm³/mol. The number of ketones is 1. The maximum atomic E-state index is 13.7. The van der Waals surface area contributed by atoms with Gasteiger partial charge in [-0.2, -0.15) is 0 Å². The second-order valence-corrected chi connectivity index (χ2v) is 5.69. The SMILES string of the molecule is CC(=O)c1cc(F)cc2c1cc1n2CCC1C(C)C(=O)O. The minimum atomic E-state index is -0.836. The van der Waals surface area contributed by atoms with Crippen molar-refractivity contribution < 1.29 is 19.1 Å². The van der Waals surface area contributed by atoms with Crippen molar-refractivity contribution >= 4 is 22.7 Å². The van der Waals surface area contributed by atoms with Gasteiger partial charge in [-0.25, -0.2) is 4.39 Å². The van der Waals surface area contributed by atoms with Crippen LogP contribution in [-0.4, -0.2) is 21.4 Å². The minimum Gasteiger partial charge on any atom is -0.481 e. The number of nitrogens with zero attached hydrogens (tertiary/aromatic N) is 1. The van der Waals surface area contributed by atoms with E-state index in [1.54, 1.807) is 6.92 Å². The van der Waals surface area contributed by atoms with Crippen molar-refractivity contribution in [1.82, 2.24) is 4.57 Å². The van der Waals surface area contributed by atoms with Crippen molar-refractivity contribution in [2.75, 3.05) is 0 Å². The maximum Gasteiger partial charge on any atom is 0.306 e. The third-order valence-electron chi connectivity index (χ3n) is 4.43. The van der Waals surface area contributed by atoms with Crippen LogP contribution in [0, 0.1) is 11.7 Å². The highest BCUT2D eigenvalue weighted by Crippen LogP contribution is 2.39. The van der Waals surface area contributed by atoms with E-state index < -0.39 is 17.7 Å². The van der Waals surface area contributed by atoms with Crippen LogP contribution in [0.5, 0.6) is 0 Å². The molecule has 0 aliphatic carbocycles. The minimum absolute atomic E-state index is 0.0993. The van der Waals surface area contributed by atoms with E-state index in [1.807, 2.05) is 10.6 Å². The molecule has 1 aliphatic rings. The normalized spacial score (nSPS) is 18.7. The van der Waals surface area contributed by atoms with Gasteiger partial charge in [-0.1, -0.05) is 6.92 Å². The van der Waals surface area contributed by atoms with Gasteiger partial charge in [-0.05, 0) is 31.5 Å². The van der Waals surface area contributed by atoms with E-state index in [1.165, 1.54) is 19.1 Å². The summed E-state index contributed by atoms with van der Waals surface area (Å²) in [6.45, 7) is 3.75. The molecule has 1 aromatic carbocycles. The zero-order chi connectivity index (χ0) is 15.3. The number of aliphatic carboxylic acids is 1. The highest BCUT2D eigenvalue weighted by atomic mass is 19.1. The van der Waals surface area contributed by atoms with E-state index in [9.17, 15) is 19.1 Å². The molecule has 0 saturated heterocycles. The summed E-state index contributed by atoms with van der Waals surface area (Å²) < 4.78 is 15.7. The van der Waals surface area contributed by atoms with Crippen LogP contribution in [0.4, 0.5) is 4.39 Å². The first-order chi connectivity index (χ1) is 9.90. The first-order valence-corrected chi connectivity index (χ1v) is 6.96. The molecule has 4 nitrogen and oxygen atoms in total. The number of carbonyl (C=O) groups excluding carboxylic acids is 1. The number of fused-ring (bicyclic) bond motifs is 3. The summed E-state index contributed by atoms with van der Waals surface area (Å²) in [5.74, 6) is -2.06. The van der Waals surface area contributed by atoms with Gasteiger partial charge in [-0.3, -0.25) is 9.59 Å². The summed E-state index contributed by atoms with van der Waals surface area (Å²) in [7, 11) is 0. The van der Waals surface area contributed by atoms with Crippen LogP contribution in [0.15, 0.2) is 18.2 Å². The van der Waals surface area contributed by atoms with Crippen LogP contribution in [-0.2, 0) is 11.3 Å². The van der Waals surface area contributed by atoms with Crippen LogP contribution in [0.1, 0.15) is 42.2 Å². The zero-order valence-electron chi connectivity index (χ0n) is 11.9. The molecule has 1 aliphatic heterocycles. The molecule has 1 N–H and O–H groups in total.